The van der Waals surface area contributed by atoms with E-state index in [9.17, 15) is 4.79 Å². The van der Waals surface area contributed by atoms with Crippen LogP contribution in [0.1, 0.15) is 43.1 Å². The number of ether oxygens (including phenoxy) is 2. The van der Waals surface area contributed by atoms with Crippen LogP contribution in [0.3, 0.4) is 0 Å². The highest BCUT2D eigenvalue weighted by Crippen LogP contribution is 2.36. The summed E-state index contributed by atoms with van der Waals surface area (Å²) in [7, 11) is 1.64. The Balaban J connectivity index is 2.39. The van der Waals surface area contributed by atoms with E-state index in [1.54, 1.807) is 7.11 Å². The minimum atomic E-state index is -0.0212. The molecule has 4 heteroatoms. The predicted octanol–water partition coefficient (Wildman–Crippen LogP) is 2.86. The third-order valence-electron chi connectivity index (χ3n) is 4.36. The van der Waals surface area contributed by atoms with E-state index >= 15 is 0 Å². The van der Waals surface area contributed by atoms with E-state index in [0.717, 1.165) is 12.0 Å². The average Bonchev–Trinajstić information content (AvgIpc) is 2.54. The molecule has 1 aliphatic rings. The molecule has 0 saturated carbocycles. The van der Waals surface area contributed by atoms with Crippen LogP contribution < -0.4 is 4.74 Å². The number of rotatable bonds is 4. The first kappa shape index (κ1) is 15.8. The summed E-state index contributed by atoms with van der Waals surface area (Å²) in [5.74, 6) is 0.741. The molecule has 1 fully saturated rings. The zero-order valence-electron chi connectivity index (χ0n) is 13.4. The van der Waals surface area contributed by atoms with E-state index in [-0.39, 0.29) is 11.3 Å². The van der Waals surface area contributed by atoms with Crippen molar-refractivity contribution < 1.29 is 14.3 Å². The number of morpholine rings is 1. The first-order valence-electron chi connectivity index (χ1n) is 7.55. The fourth-order valence-corrected chi connectivity index (χ4v) is 2.59. The molecule has 0 atom stereocenters. The predicted molar refractivity (Wildman–Crippen MR) is 83.0 cm³/mol. The lowest BCUT2D eigenvalue weighted by Crippen LogP contribution is -2.41. The van der Waals surface area contributed by atoms with Gasteiger partial charge in [-0.3, -0.25) is 4.79 Å². The molecule has 1 aliphatic heterocycles. The minimum absolute atomic E-state index is 0.0212. The standard InChI is InChI=1S/C17H25NO3/c1-5-17(2,3)14-8-6-7-13(15(14)20-4)16(19)18-9-11-21-12-10-18/h6-8H,5,9-12H2,1-4H3. The molecule has 0 aromatic heterocycles. The van der Waals surface area contributed by atoms with Gasteiger partial charge < -0.3 is 14.4 Å². The van der Waals surface area contributed by atoms with Crippen molar-refractivity contribution in [3.63, 3.8) is 0 Å². The monoisotopic (exact) mass is 291 g/mol. The van der Waals surface area contributed by atoms with Crippen LogP contribution >= 0.6 is 0 Å². The molecule has 2 rings (SSSR count). The molecule has 1 heterocycles. The van der Waals surface area contributed by atoms with Crippen LogP contribution in [0.15, 0.2) is 18.2 Å². The van der Waals surface area contributed by atoms with Crippen molar-refractivity contribution in [1.82, 2.24) is 4.90 Å². The number of hydrogen-bond acceptors (Lipinski definition) is 3. The lowest BCUT2D eigenvalue weighted by molar-refractivity contribution is 0.0300. The van der Waals surface area contributed by atoms with Crippen molar-refractivity contribution >= 4 is 5.91 Å². The highest BCUT2D eigenvalue weighted by Gasteiger charge is 2.28. The summed E-state index contributed by atoms with van der Waals surface area (Å²) < 4.78 is 10.9. The average molecular weight is 291 g/mol. The molecule has 0 radical (unpaired) electrons. The van der Waals surface area contributed by atoms with Crippen molar-refractivity contribution in [1.29, 1.82) is 0 Å². The second-order valence-corrected chi connectivity index (χ2v) is 6.03. The Kier molecular flexibility index (Phi) is 4.88. The second-order valence-electron chi connectivity index (χ2n) is 6.03. The number of nitrogens with zero attached hydrogens (tertiary/aromatic N) is 1. The van der Waals surface area contributed by atoms with Gasteiger partial charge in [-0.25, -0.2) is 0 Å². The number of hydrogen-bond donors (Lipinski definition) is 0. The van der Waals surface area contributed by atoms with E-state index in [2.05, 4.69) is 26.8 Å². The van der Waals surface area contributed by atoms with Gasteiger partial charge in [0.2, 0.25) is 0 Å². The molecule has 116 valence electrons. The largest absolute Gasteiger partial charge is 0.496 e. The lowest BCUT2D eigenvalue weighted by atomic mass is 9.80. The van der Waals surface area contributed by atoms with Crippen LogP contribution in [0.4, 0.5) is 0 Å². The van der Waals surface area contributed by atoms with Gasteiger partial charge in [-0.1, -0.05) is 32.9 Å². The second kappa shape index (κ2) is 6.48. The Labute approximate surface area is 127 Å². The van der Waals surface area contributed by atoms with Gasteiger partial charge in [0.05, 0.1) is 25.9 Å². The SMILES string of the molecule is CCC(C)(C)c1cccc(C(=O)N2CCOCC2)c1OC. The number of carbonyl (C=O) groups excluding carboxylic acids is 1. The fourth-order valence-electron chi connectivity index (χ4n) is 2.59. The van der Waals surface area contributed by atoms with Crippen molar-refractivity contribution in [3.8, 4) is 5.75 Å². The lowest BCUT2D eigenvalue weighted by Gasteiger charge is -2.30. The molecule has 0 aliphatic carbocycles. The number of amides is 1. The Bertz CT molecular complexity index is 505. The maximum absolute atomic E-state index is 12.7. The maximum atomic E-state index is 12.7. The van der Waals surface area contributed by atoms with Crippen molar-refractivity contribution in [2.24, 2.45) is 0 Å². The van der Waals surface area contributed by atoms with Gasteiger partial charge in [0.15, 0.2) is 0 Å². The zero-order chi connectivity index (χ0) is 15.5. The molecule has 0 bridgehead atoms. The number of para-hydroxylation sites is 1. The van der Waals surface area contributed by atoms with E-state index in [4.69, 9.17) is 9.47 Å². The molecule has 4 nitrogen and oxygen atoms in total. The van der Waals surface area contributed by atoms with Gasteiger partial charge in [-0.05, 0) is 17.9 Å². The Morgan fingerprint density at radius 2 is 2.00 bits per heavy atom. The van der Waals surface area contributed by atoms with E-state index in [0.29, 0.717) is 37.6 Å². The molecule has 21 heavy (non-hydrogen) atoms. The molecule has 0 spiro atoms. The third-order valence-corrected chi connectivity index (χ3v) is 4.36. The van der Waals surface area contributed by atoms with E-state index in [1.165, 1.54) is 0 Å². The van der Waals surface area contributed by atoms with Gasteiger partial charge in [0.1, 0.15) is 5.75 Å². The summed E-state index contributed by atoms with van der Waals surface area (Å²) in [5.41, 5.74) is 1.72. The highest BCUT2D eigenvalue weighted by atomic mass is 16.5. The molecule has 1 amide bonds. The normalized spacial score (nSPS) is 15.9. The van der Waals surface area contributed by atoms with Gasteiger partial charge in [0, 0.05) is 18.7 Å². The highest BCUT2D eigenvalue weighted by molar-refractivity contribution is 5.97. The summed E-state index contributed by atoms with van der Waals surface area (Å²) in [4.78, 5) is 14.6. The van der Waals surface area contributed by atoms with Crippen LogP contribution in [-0.2, 0) is 10.2 Å². The van der Waals surface area contributed by atoms with Crippen molar-refractivity contribution in [2.75, 3.05) is 33.4 Å². The van der Waals surface area contributed by atoms with Gasteiger partial charge >= 0.3 is 0 Å². The van der Waals surface area contributed by atoms with Gasteiger partial charge in [-0.15, -0.1) is 0 Å². The van der Waals surface area contributed by atoms with Crippen molar-refractivity contribution in [2.45, 2.75) is 32.6 Å². The van der Waals surface area contributed by atoms with Crippen LogP contribution in [0.2, 0.25) is 0 Å². The summed E-state index contributed by atoms with van der Waals surface area (Å²) in [6.07, 6.45) is 0.985. The zero-order valence-corrected chi connectivity index (χ0v) is 13.4. The number of benzene rings is 1. The van der Waals surface area contributed by atoms with Gasteiger partial charge in [0.25, 0.3) is 5.91 Å². The summed E-state index contributed by atoms with van der Waals surface area (Å²) in [5, 5.41) is 0. The topological polar surface area (TPSA) is 38.8 Å². The Hall–Kier alpha value is -1.55. The Morgan fingerprint density at radius 1 is 1.33 bits per heavy atom. The van der Waals surface area contributed by atoms with Crippen LogP contribution in [-0.4, -0.2) is 44.2 Å². The molecule has 1 aromatic carbocycles. The van der Waals surface area contributed by atoms with E-state index in [1.807, 2.05) is 17.0 Å². The molecular formula is C17H25NO3. The van der Waals surface area contributed by atoms with Crippen LogP contribution in [0.25, 0.3) is 0 Å². The maximum Gasteiger partial charge on any atom is 0.257 e. The summed E-state index contributed by atoms with van der Waals surface area (Å²) in [6.45, 7) is 8.99. The van der Waals surface area contributed by atoms with Crippen LogP contribution in [0.5, 0.6) is 5.75 Å². The van der Waals surface area contributed by atoms with Gasteiger partial charge in [-0.2, -0.15) is 0 Å². The number of carbonyl (C=O) groups is 1. The minimum Gasteiger partial charge on any atom is -0.496 e. The Morgan fingerprint density at radius 3 is 2.57 bits per heavy atom. The van der Waals surface area contributed by atoms with E-state index < -0.39 is 0 Å². The molecule has 1 saturated heterocycles. The smallest absolute Gasteiger partial charge is 0.257 e. The molecule has 1 aromatic rings. The van der Waals surface area contributed by atoms with Crippen LogP contribution in [0, 0.1) is 0 Å². The third kappa shape index (κ3) is 3.21. The summed E-state index contributed by atoms with van der Waals surface area (Å²) in [6, 6.07) is 5.85. The number of methoxy groups -OCH3 is 1. The first-order chi connectivity index (χ1) is 10.0. The molecule has 0 unspecified atom stereocenters. The molecule has 0 N–H and O–H groups in total. The van der Waals surface area contributed by atoms with Crippen molar-refractivity contribution in [3.05, 3.63) is 29.3 Å². The quantitative estimate of drug-likeness (QED) is 0.856. The first-order valence-corrected chi connectivity index (χ1v) is 7.55. The molecular weight excluding hydrogens is 266 g/mol. The summed E-state index contributed by atoms with van der Waals surface area (Å²) >= 11 is 0. The fraction of sp³-hybridized carbons (Fsp3) is 0.588.